The van der Waals surface area contributed by atoms with Crippen LogP contribution in [0.5, 0.6) is 0 Å². The van der Waals surface area contributed by atoms with Crippen LogP contribution < -0.4 is 4.90 Å². The Bertz CT molecular complexity index is 845. The minimum atomic E-state index is -1.21. The van der Waals surface area contributed by atoms with Crippen LogP contribution in [0, 0.1) is 0 Å². The van der Waals surface area contributed by atoms with E-state index in [2.05, 4.69) is 4.90 Å². The van der Waals surface area contributed by atoms with Crippen LogP contribution in [0.1, 0.15) is 28.8 Å². The third-order valence-electron chi connectivity index (χ3n) is 4.78. The van der Waals surface area contributed by atoms with E-state index in [1.807, 2.05) is 30.3 Å². The fourth-order valence-corrected chi connectivity index (χ4v) is 3.26. The summed E-state index contributed by atoms with van der Waals surface area (Å²) in [6, 6.07) is 16.2. The summed E-state index contributed by atoms with van der Waals surface area (Å²) in [6.07, 6.45) is 1.49. The third kappa shape index (κ3) is 5.81. The molecule has 2 aromatic rings. The Kier molecular flexibility index (Phi) is 6.84. The van der Waals surface area contributed by atoms with Gasteiger partial charge < -0.3 is 14.7 Å². The normalized spacial score (nSPS) is 13.2. The average Bonchev–Trinajstić information content (AvgIpc) is 3.27. The smallest absolute Gasteiger partial charge is 0.411 e. The molecule has 0 radical (unpaired) electrons. The number of hydrogen-bond donors (Lipinski definition) is 1. The highest BCUT2D eigenvalue weighted by Gasteiger charge is 2.22. The maximum atomic E-state index is 12.6. The first-order valence-corrected chi connectivity index (χ1v) is 9.58. The number of benzene rings is 2. The molecule has 1 aliphatic heterocycles. The summed E-state index contributed by atoms with van der Waals surface area (Å²) in [5.74, 6) is -1.55. The third-order valence-corrected chi connectivity index (χ3v) is 4.78. The van der Waals surface area contributed by atoms with Gasteiger partial charge in [-0.1, -0.05) is 30.3 Å². The van der Waals surface area contributed by atoms with Crippen molar-refractivity contribution >= 4 is 23.5 Å². The summed E-state index contributed by atoms with van der Waals surface area (Å²) in [5, 5.41) is 9.09. The van der Waals surface area contributed by atoms with Gasteiger partial charge in [-0.15, -0.1) is 0 Å². The van der Waals surface area contributed by atoms with Crippen LogP contribution in [0.3, 0.4) is 0 Å². The van der Waals surface area contributed by atoms with Crippen molar-refractivity contribution < 1.29 is 24.2 Å². The molecule has 7 heteroatoms. The molecule has 1 amide bonds. The lowest BCUT2D eigenvalue weighted by Gasteiger charge is -2.20. The van der Waals surface area contributed by atoms with E-state index in [0.29, 0.717) is 5.56 Å². The molecule has 3 rings (SSSR count). The van der Waals surface area contributed by atoms with Crippen molar-refractivity contribution in [3.8, 4) is 0 Å². The number of carbonyl (C=O) groups is 3. The lowest BCUT2D eigenvalue weighted by Crippen LogP contribution is -2.39. The standard InChI is InChI=1S/C22H24N2O5/c25-20(18-8-10-19(11-9-18)23-12-4-5-13-23)14-24(15-21(26)27)22(28)29-16-17-6-2-1-3-7-17/h1-3,6-11H,4-5,12-16H2,(H,26,27). The van der Waals surface area contributed by atoms with Crippen molar-refractivity contribution in [1.82, 2.24) is 4.90 Å². The zero-order valence-corrected chi connectivity index (χ0v) is 16.1. The Morgan fingerprint density at radius 3 is 2.21 bits per heavy atom. The molecule has 1 N–H and O–H groups in total. The molecule has 0 saturated carbocycles. The molecule has 0 spiro atoms. The van der Waals surface area contributed by atoms with Gasteiger partial charge in [0.1, 0.15) is 13.2 Å². The van der Waals surface area contributed by atoms with E-state index >= 15 is 0 Å². The highest BCUT2D eigenvalue weighted by atomic mass is 16.6. The van der Waals surface area contributed by atoms with Gasteiger partial charge in [0, 0.05) is 24.3 Å². The van der Waals surface area contributed by atoms with E-state index in [0.717, 1.165) is 42.1 Å². The van der Waals surface area contributed by atoms with Gasteiger partial charge in [0.25, 0.3) is 0 Å². The molecule has 0 aliphatic carbocycles. The van der Waals surface area contributed by atoms with E-state index in [-0.39, 0.29) is 18.9 Å². The van der Waals surface area contributed by atoms with Gasteiger partial charge in [0.15, 0.2) is 5.78 Å². The SMILES string of the molecule is O=C(O)CN(CC(=O)c1ccc(N2CCCC2)cc1)C(=O)OCc1ccccc1. The van der Waals surface area contributed by atoms with Crippen LogP contribution in [0.2, 0.25) is 0 Å². The number of carboxylic acids is 1. The fourth-order valence-electron chi connectivity index (χ4n) is 3.26. The van der Waals surface area contributed by atoms with E-state index in [9.17, 15) is 14.4 Å². The van der Waals surface area contributed by atoms with Gasteiger partial charge in [-0.2, -0.15) is 0 Å². The molecule has 1 heterocycles. The topological polar surface area (TPSA) is 87.2 Å². The Labute approximate surface area is 169 Å². The maximum absolute atomic E-state index is 12.6. The molecule has 1 aliphatic rings. The maximum Gasteiger partial charge on any atom is 0.411 e. The number of hydrogen-bond acceptors (Lipinski definition) is 5. The van der Waals surface area contributed by atoms with Crippen LogP contribution in [-0.2, 0) is 16.1 Å². The van der Waals surface area contributed by atoms with E-state index in [1.165, 1.54) is 0 Å². The molecule has 29 heavy (non-hydrogen) atoms. The Morgan fingerprint density at radius 1 is 0.931 bits per heavy atom. The molecule has 0 atom stereocenters. The van der Waals surface area contributed by atoms with Gasteiger partial charge in [-0.05, 0) is 42.7 Å². The second kappa shape index (κ2) is 9.73. The summed E-state index contributed by atoms with van der Waals surface area (Å²) in [7, 11) is 0. The fraction of sp³-hybridized carbons (Fsp3) is 0.318. The molecule has 2 aromatic carbocycles. The summed E-state index contributed by atoms with van der Waals surface area (Å²) in [6.45, 7) is 1.06. The molecular formula is C22H24N2O5. The lowest BCUT2D eigenvalue weighted by atomic mass is 10.1. The van der Waals surface area contributed by atoms with E-state index in [4.69, 9.17) is 9.84 Å². The van der Waals surface area contributed by atoms with Gasteiger partial charge >= 0.3 is 12.1 Å². The molecule has 0 aromatic heterocycles. The Morgan fingerprint density at radius 2 is 1.59 bits per heavy atom. The Balaban J connectivity index is 1.61. The van der Waals surface area contributed by atoms with Crippen LogP contribution in [0.15, 0.2) is 54.6 Å². The average molecular weight is 396 g/mol. The van der Waals surface area contributed by atoms with Crippen molar-refractivity contribution in [3.63, 3.8) is 0 Å². The van der Waals surface area contributed by atoms with Crippen LogP contribution in [-0.4, -0.2) is 54.0 Å². The molecular weight excluding hydrogens is 372 g/mol. The molecule has 152 valence electrons. The number of anilines is 1. The predicted octanol–water partition coefficient (Wildman–Crippen LogP) is 3.19. The number of aliphatic carboxylic acids is 1. The zero-order valence-electron chi connectivity index (χ0n) is 16.1. The van der Waals surface area contributed by atoms with Crippen LogP contribution in [0.25, 0.3) is 0 Å². The Hall–Kier alpha value is -3.35. The molecule has 7 nitrogen and oxygen atoms in total. The second-order valence-electron chi connectivity index (χ2n) is 6.95. The number of rotatable bonds is 8. The van der Waals surface area contributed by atoms with E-state index in [1.54, 1.807) is 24.3 Å². The lowest BCUT2D eigenvalue weighted by molar-refractivity contribution is -0.137. The van der Waals surface area contributed by atoms with Crippen molar-refractivity contribution in [2.24, 2.45) is 0 Å². The first-order chi connectivity index (χ1) is 14.0. The largest absolute Gasteiger partial charge is 0.480 e. The quantitative estimate of drug-likeness (QED) is 0.690. The molecule has 1 saturated heterocycles. The van der Waals surface area contributed by atoms with Gasteiger partial charge in [0.2, 0.25) is 0 Å². The highest BCUT2D eigenvalue weighted by molar-refractivity contribution is 5.99. The van der Waals surface area contributed by atoms with Crippen molar-refractivity contribution in [1.29, 1.82) is 0 Å². The summed E-state index contributed by atoms with van der Waals surface area (Å²) < 4.78 is 5.18. The predicted molar refractivity (Wildman–Crippen MR) is 108 cm³/mol. The number of ether oxygens (including phenoxy) is 1. The van der Waals surface area contributed by atoms with Gasteiger partial charge in [0.05, 0.1) is 6.54 Å². The number of Topliss-reactive ketones (excluding diaryl/α,β-unsaturated/α-hetero) is 1. The summed E-state index contributed by atoms with van der Waals surface area (Å²) in [4.78, 5) is 39.2. The van der Waals surface area contributed by atoms with Gasteiger partial charge in [-0.25, -0.2) is 4.79 Å². The molecule has 0 unspecified atom stereocenters. The van der Waals surface area contributed by atoms with Crippen molar-refractivity contribution in [2.45, 2.75) is 19.4 Å². The van der Waals surface area contributed by atoms with Crippen LogP contribution >= 0.6 is 0 Å². The number of carbonyl (C=O) groups excluding carboxylic acids is 2. The van der Waals surface area contributed by atoms with E-state index < -0.39 is 18.6 Å². The van der Waals surface area contributed by atoms with Crippen molar-refractivity contribution in [2.75, 3.05) is 31.1 Å². The summed E-state index contributed by atoms with van der Waals surface area (Å²) in [5.41, 5.74) is 2.27. The number of amides is 1. The molecule has 0 bridgehead atoms. The monoisotopic (exact) mass is 396 g/mol. The number of carboxylic acid groups (broad SMARTS) is 1. The second-order valence-corrected chi connectivity index (χ2v) is 6.95. The van der Waals surface area contributed by atoms with Crippen molar-refractivity contribution in [3.05, 3.63) is 65.7 Å². The van der Waals surface area contributed by atoms with Crippen LogP contribution in [0.4, 0.5) is 10.5 Å². The number of ketones is 1. The molecule has 1 fully saturated rings. The first-order valence-electron chi connectivity index (χ1n) is 9.58. The zero-order chi connectivity index (χ0) is 20.6. The number of nitrogens with zero attached hydrogens (tertiary/aromatic N) is 2. The highest BCUT2D eigenvalue weighted by Crippen LogP contribution is 2.20. The minimum Gasteiger partial charge on any atom is -0.480 e. The minimum absolute atomic E-state index is 0.00845. The van der Waals surface area contributed by atoms with Gasteiger partial charge in [-0.3, -0.25) is 14.5 Å². The summed E-state index contributed by atoms with van der Waals surface area (Å²) >= 11 is 0. The first kappa shape index (κ1) is 20.4.